The van der Waals surface area contributed by atoms with Gasteiger partial charge in [-0.05, 0) is 102 Å². The lowest BCUT2D eigenvalue weighted by molar-refractivity contribution is -0.141. The minimum Gasteiger partial charge on any atom is -0.481 e. The van der Waals surface area contributed by atoms with Crippen LogP contribution in [0.5, 0.6) is 0 Å². The van der Waals surface area contributed by atoms with Gasteiger partial charge in [-0.1, -0.05) is 48.5 Å². The predicted molar refractivity (Wildman–Crippen MR) is 282 cm³/mol. The summed E-state index contributed by atoms with van der Waals surface area (Å²) >= 11 is 0. The first kappa shape index (κ1) is 61.4. The van der Waals surface area contributed by atoms with Gasteiger partial charge in [0.25, 0.3) is 0 Å². The molecule has 25 nitrogen and oxygen atoms in total. The van der Waals surface area contributed by atoms with Crippen LogP contribution < -0.4 is 37.2 Å². The standard InChI is InChI=1S/C53H73N9O16/c63-43(28-54-18-20-61(30-46(68)69)22-23-62(31-47(70)71)21-19-55-29-45(66)67)57-27-32-12-14-33(15-13-32)49(72)58-42(26-40-37-8-3-1-6-34(37)24-35-7-2-4-9-38(35)40)50(73)56-17-16-36-25-39(36)48(52(76)77)60-53(78)59-41(51(74)75)10-5-11-44(64)65/h1-4,6-9,24,32-33,36,39,41-42,48,54-55H,5,10-23,25-31H2,(H,56,73)(H,57,63)(H,58,72)(H,64,65)(H,66,67)(H,68,69)(H,70,71)(H,74,75)(H,76,77)(H2,59,60,78)/t32-,33-,36?,39?,41-,42-,48-/m0/s1. The number of carbonyl (C=O) groups is 10. The van der Waals surface area contributed by atoms with Crippen molar-refractivity contribution in [3.05, 3.63) is 60.2 Å². The predicted octanol–water partition coefficient (Wildman–Crippen LogP) is 0.583. The van der Waals surface area contributed by atoms with Crippen LogP contribution in [-0.4, -0.2) is 197 Å². The van der Waals surface area contributed by atoms with E-state index in [4.69, 9.17) is 10.2 Å². The summed E-state index contributed by atoms with van der Waals surface area (Å²) in [5, 5.41) is 78.9. The monoisotopic (exact) mass is 1090 g/mol. The molecule has 2 unspecified atom stereocenters. The first-order valence-corrected chi connectivity index (χ1v) is 26.3. The lowest BCUT2D eigenvalue weighted by Crippen LogP contribution is -2.52. The molecule has 0 radical (unpaired) electrons. The molecule has 2 aliphatic rings. The Kier molecular flexibility index (Phi) is 24.4. The van der Waals surface area contributed by atoms with Crippen LogP contribution in [0.25, 0.3) is 21.5 Å². The molecule has 2 saturated carbocycles. The molecule has 0 bridgehead atoms. The molecule has 0 saturated heterocycles. The van der Waals surface area contributed by atoms with Gasteiger partial charge < -0.3 is 67.9 Å². The molecule has 78 heavy (non-hydrogen) atoms. The Balaban J connectivity index is 1.11. The highest BCUT2D eigenvalue weighted by atomic mass is 16.4. The summed E-state index contributed by atoms with van der Waals surface area (Å²) in [5.41, 5.74) is 0.874. The van der Waals surface area contributed by atoms with Crippen molar-refractivity contribution in [2.45, 2.75) is 82.3 Å². The molecule has 2 fully saturated rings. The van der Waals surface area contributed by atoms with E-state index in [2.05, 4.69) is 43.3 Å². The van der Waals surface area contributed by atoms with Crippen LogP contribution in [0.2, 0.25) is 0 Å². The number of hydrogen-bond acceptors (Lipinski definition) is 14. The minimum atomic E-state index is -1.43. The summed E-state index contributed by atoms with van der Waals surface area (Å²) in [7, 11) is 0. The molecule has 3 aromatic carbocycles. The normalized spacial score (nSPS) is 18.1. The number of carboxylic acids is 6. The van der Waals surface area contributed by atoms with Crippen LogP contribution in [0.3, 0.4) is 0 Å². The third-order valence-electron chi connectivity index (χ3n) is 14.2. The first-order chi connectivity index (χ1) is 37.3. The number of carbonyl (C=O) groups excluding carboxylic acids is 4. The number of rotatable bonds is 36. The van der Waals surface area contributed by atoms with Gasteiger partial charge in [0.1, 0.15) is 18.1 Å². The zero-order valence-electron chi connectivity index (χ0n) is 43.5. The van der Waals surface area contributed by atoms with Crippen LogP contribution in [0.1, 0.15) is 63.4 Å². The smallest absolute Gasteiger partial charge is 0.326 e. The molecular formula is C53H73N9O16. The number of carboxylic acid groups (broad SMARTS) is 6. The zero-order valence-corrected chi connectivity index (χ0v) is 43.5. The Labute approximate surface area is 450 Å². The lowest BCUT2D eigenvalue weighted by atomic mass is 9.81. The third-order valence-corrected chi connectivity index (χ3v) is 14.2. The SMILES string of the molecule is O=C(O)CCC[C@H](NC(=O)N[C@H](C(=O)O)C1CC1CCNC(=O)[C@H](Cc1c2ccccc2cc2ccccc12)NC(=O)[C@H]1CC[C@H](CNC(=O)CNCCN(CCN(CCNCC(=O)O)CC(=O)O)CC(=O)O)CC1)C(=O)O. The fourth-order valence-electron chi connectivity index (χ4n) is 9.98. The number of urea groups is 1. The van der Waals surface area contributed by atoms with Crippen LogP contribution in [0.15, 0.2) is 54.6 Å². The number of nitrogens with zero attached hydrogens (tertiary/aromatic N) is 2. The number of aliphatic carboxylic acids is 6. The molecule has 3 aromatic rings. The van der Waals surface area contributed by atoms with Crippen molar-refractivity contribution in [3.8, 4) is 0 Å². The number of nitrogens with one attached hydrogen (secondary N) is 7. The van der Waals surface area contributed by atoms with Crippen molar-refractivity contribution in [2.75, 3.05) is 78.5 Å². The van der Waals surface area contributed by atoms with E-state index >= 15 is 0 Å². The molecule has 0 aromatic heterocycles. The Morgan fingerprint density at radius 2 is 1.19 bits per heavy atom. The fraction of sp³-hybridized carbons (Fsp3) is 0.547. The lowest BCUT2D eigenvalue weighted by Gasteiger charge is -2.29. The van der Waals surface area contributed by atoms with Gasteiger partial charge in [0.15, 0.2) is 0 Å². The van der Waals surface area contributed by atoms with E-state index in [-0.39, 0.29) is 121 Å². The summed E-state index contributed by atoms with van der Waals surface area (Å²) < 4.78 is 0. The van der Waals surface area contributed by atoms with E-state index in [0.717, 1.165) is 27.1 Å². The highest BCUT2D eigenvalue weighted by Crippen LogP contribution is 2.43. The Morgan fingerprint density at radius 1 is 0.603 bits per heavy atom. The van der Waals surface area contributed by atoms with Crippen molar-refractivity contribution in [2.24, 2.45) is 23.7 Å². The second-order valence-corrected chi connectivity index (χ2v) is 20.0. The molecular weight excluding hydrogens is 1020 g/mol. The summed E-state index contributed by atoms with van der Waals surface area (Å²) in [4.78, 5) is 126. The van der Waals surface area contributed by atoms with E-state index in [1.807, 2.05) is 48.5 Å². The molecule has 0 heterocycles. The maximum atomic E-state index is 14.2. The second-order valence-electron chi connectivity index (χ2n) is 20.0. The van der Waals surface area contributed by atoms with Gasteiger partial charge in [0.2, 0.25) is 17.7 Å². The maximum absolute atomic E-state index is 14.2. The van der Waals surface area contributed by atoms with Gasteiger partial charge in [-0.15, -0.1) is 0 Å². The number of hydrogen-bond donors (Lipinski definition) is 13. The first-order valence-electron chi connectivity index (χ1n) is 26.3. The number of benzene rings is 3. The largest absolute Gasteiger partial charge is 0.481 e. The summed E-state index contributed by atoms with van der Waals surface area (Å²) in [6, 6.07) is 12.9. The van der Waals surface area contributed by atoms with Gasteiger partial charge in [-0.3, -0.25) is 43.4 Å². The summed E-state index contributed by atoms with van der Waals surface area (Å²) in [6.07, 6.45) is 2.73. The third kappa shape index (κ3) is 20.8. The number of amides is 5. The summed E-state index contributed by atoms with van der Waals surface area (Å²) in [6.45, 7) is 0.982. The van der Waals surface area contributed by atoms with Crippen molar-refractivity contribution >= 4 is 81.1 Å². The molecule has 5 rings (SSSR count). The fourth-order valence-corrected chi connectivity index (χ4v) is 9.98. The van der Waals surface area contributed by atoms with Gasteiger partial charge in [-0.2, -0.15) is 0 Å². The van der Waals surface area contributed by atoms with E-state index in [0.29, 0.717) is 45.1 Å². The van der Waals surface area contributed by atoms with Crippen LogP contribution in [0.4, 0.5) is 4.79 Å². The highest BCUT2D eigenvalue weighted by molar-refractivity contribution is 6.03. The molecule has 5 amide bonds. The van der Waals surface area contributed by atoms with E-state index in [1.54, 1.807) is 9.80 Å². The summed E-state index contributed by atoms with van der Waals surface area (Å²) in [5.74, 6) is -9.07. The van der Waals surface area contributed by atoms with Crippen LogP contribution in [0, 0.1) is 23.7 Å². The Morgan fingerprint density at radius 3 is 1.74 bits per heavy atom. The van der Waals surface area contributed by atoms with Crippen molar-refractivity contribution in [1.29, 1.82) is 0 Å². The van der Waals surface area contributed by atoms with Gasteiger partial charge in [0.05, 0.1) is 26.2 Å². The molecule has 0 aliphatic heterocycles. The zero-order chi connectivity index (χ0) is 56.7. The van der Waals surface area contributed by atoms with Gasteiger partial charge in [0, 0.05) is 71.1 Å². The molecule has 25 heteroatoms. The van der Waals surface area contributed by atoms with Gasteiger partial charge in [-0.25, -0.2) is 14.4 Å². The Bertz CT molecular complexity index is 2540. The maximum Gasteiger partial charge on any atom is 0.326 e. The molecule has 426 valence electrons. The second kappa shape index (κ2) is 31.1. The minimum absolute atomic E-state index is 0.0191. The highest BCUT2D eigenvalue weighted by Gasteiger charge is 2.47. The van der Waals surface area contributed by atoms with Crippen LogP contribution >= 0.6 is 0 Å². The average molecular weight is 1090 g/mol. The molecule has 0 spiro atoms. The number of fused-ring (bicyclic) bond motifs is 2. The van der Waals surface area contributed by atoms with Crippen molar-refractivity contribution in [1.82, 2.24) is 47.0 Å². The Hall–Kier alpha value is -7.48. The van der Waals surface area contributed by atoms with Gasteiger partial charge >= 0.3 is 41.8 Å². The van der Waals surface area contributed by atoms with Crippen molar-refractivity contribution in [3.63, 3.8) is 0 Å². The molecule has 13 N–H and O–H groups in total. The van der Waals surface area contributed by atoms with Crippen molar-refractivity contribution < 1.29 is 78.6 Å². The van der Waals surface area contributed by atoms with Crippen LogP contribution in [-0.2, 0) is 49.6 Å². The van der Waals surface area contributed by atoms with E-state index in [9.17, 15) is 68.4 Å². The quantitative estimate of drug-likeness (QED) is 0.0280. The average Bonchev–Trinajstić information content (AvgIpc) is 4.19. The topological polar surface area (TPSA) is 383 Å². The molecule has 2 aliphatic carbocycles. The molecule has 5 atom stereocenters. The van der Waals surface area contributed by atoms with E-state index < -0.39 is 77.7 Å². The van der Waals surface area contributed by atoms with E-state index in [1.165, 1.54) is 0 Å².